The molecule has 8 nitrogen and oxygen atoms in total. The Morgan fingerprint density at radius 3 is 2.49 bits per heavy atom. The molecule has 1 saturated heterocycles. The summed E-state index contributed by atoms with van der Waals surface area (Å²) >= 11 is 0. The predicted octanol–water partition coefficient (Wildman–Crippen LogP) is 5.11. The van der Waals surface area contributed by atoms with Gasteiger partial charge in [-0.25, -0.2) is 9.97 Å². The molecule has 0 saturated carbocycles. The van der Waals surface area contributed by atoms with Crippen LogP contribution in [0, 0.1) is 17.2 Å². The van der Waals surface area contributed by atoms with Gasteiger partial charge in [-0.3, -0.25) is 14.2 Å². The Labute approximate surface area is 238 Å². The third-order valence-electron chi connectivity index (χ3n) is 8.20. The van der Waals surface area contributed by atoms with Crippen molar-refractivity contribution in [2.45, 2.75) is 32.2 Å². The molecule has 1 aliphatic heterocycles. The second-order valence-corrected chi connectivity index (χ2v) is 10.9. The number of hydrogen-bond donors (Lipinski definition) is 0. The van der Waals surface area contributed by atoms with Gasteiger partial charge < -0.3 is 9.64 Å². The third kappa shape index (κ3) is 5.05. The summed E-state index contributed by atoms with van der Waals surface area (Å²) in [5.41, 5.74) is 4.16. The zero-order valence-electron chi connectivity index (χ0n) is 23.2. The SMILES string of the molecule is CCC(c1cccc(-c2ncc(OCC3CCN(C)CC3)cn2)c1)n1c2c(ccc1=O)-c1cc(C#N)ccc1C2=O. The third-order valence-corrected chi connectivity index (χ3v) is 8.20. The smallest absolute Gasteiger partial charge is 0.251 e. The fourth-order valence-electron chi connectivity index (χ4n) is 5.91. The second-order valence-electron chi connectivity index (χ2n) is 10.9. The van der Waals surface area contributed by atoms with Crippen LogP contribution in [0.1, 0.15) is 59.4 Å². The van der Waals surface area contributed by atoms with Crippen molar-refractivity contribution in [3.63, 3.8) is 0 Å². The predicted molar refractivity (Wildman–Crippen MR) is 156 cm³/mol. The average Bonchev–Trinajstić information content (AvgIpc) is 3.29. The Kier molecular flexibility index (Phi) is 7.21. The number of fused-ring (bicyclic) bond motifs is 3. The number of ketones is 1. The molecule has 41 heavy (non-hydrogen) atoms. The summed E-state index contributed by atoms with van der Waals surface area (Å²) in [6, 6.07) is 17.8. The first-order valence-electron chi connectivity index (χ1n) is 14.0. The standard InChI is InChI=1S/C33H31N5O3/c1-3-29(38-30(39)10-9-26-28-15-22(17-34)7-8-27(28)32(40)31(26)38)23-5-4-6-24(16-23)33-35-18-25(19-36-33)41-20-21-11-13-37(2)14-12-21/h4-10,15-16,18-19,21,29H,3,11-14,20H2,1-2H3. The van der Waals surface area contributed by atoms with Gasteiger partial charge in [0, 0.05) is 22.8 Å². The summed E-state index contributed by atoms with van der Waals surface area (Å²) in [4.78, 5) is 38.3. The molecule has 1 fully saturated rings. The van der Waals surface area contributed by atoms with Crippen LogP contribution in [0.2, 0.25) is 0 Å². The van der Waals surface area contributed by atoms with Gasteiger partial charge in [0.1, 0.15) is 5.69 Å². The summed E-state index contributed by atoms with van der Waals surface area (Å²) in [6.45, 7) is 4.86. The van der Waals surface area contributed by atoms with E-state index < -0.39 is 0 Å². The Bertz CT molecular complexity index is 1710. The lowest BCUT2D eigenvalue weighted by Crippen LogP contribution is -2.32. The van der Waals surface area contributed by atoms with Crippen molar-refractivity contribution in [2.24, 2.45) is 5.92 Å². The maximum atomic E-state index is 13.5. The number of likely N-dealkylation sites (tertiary alicyclic amines) is 1. The first-order valence-corrected chi connectivity index (χ1v) is 14.0. The molecule has 8 heteroatoms. The van der Waals surface area contributed by atoms with Crippen molar-refractivity contribution >= 4 is 5.78 Å². The molecule has 4 aromatic rings. The van der Waals surface area contributed by atoms with Crippen molar-refractivity contribution < 1.29 is 9.53 Å². The minimum atomic E-state index is -0.372. The number of carbonyl (C=O) groups excluding carboxylic acids is 1. The molecule has 0 amide bonds. The van der Waals surface area contributed by atoms with Crippen LogP contribution < -0.4 is 10.3 Å². The molecule has 1 atom stereocenters. The van der Waals surface area contributed by atoms with Crippen LogP contribution in [0.15, 0.2) is 71.8 Å². The van der Waals surface area contributed by atoms with Gasteiger partial charge in [-0.15, -0.1) is 0 Å². The number of ether oxygens (including phenoxy) is 1. The normalized spacial score (nSPS) is 15.7. The molecule has 0 spiro atoms. The Hall–Kier alpha value is -4.61. The highest BCUT2D eigenvalue weighted by atomic mass is 16.5. The summed E-state index contributed by atoms with van der Waals surface area (Å²) in [5, 5.41) is 9.37. The first-order chi connectivity index (χ1) is 20.0. The van der Waals surface area contributed by atoms with Crippen LogP contribution in [0.4, 0.5) is 0 Å². The van der Waals surface area contributed by atoms with E-state index in [1.807, 2.05) is 31.2 Å². The van der Waals surface area contributed by atoms with Gasteiger partial charge in [0.15, 0.2) is 11.6 Å². The molecule has 2 aromatic heterocycles. The summed E-state index contributed by atoms with van der Waals surface area (Å²) in [5.74, 6) is 1.56. The van der Waals surface area contributed by atoms with Gasteiger partial charge in [-0.1, -0.05) is 25.1 Å². The van der Waals surface area contributed by atoms with Crippen LogP contribution in [0.3, 0.4) is 0 Å². The van der Waals surface area contributed by atoms with Gasteiger partial charge in [0.05, 0.1) is 36.7 Å². The lowest BCUT2D eigenvalue weighted by Gasteiger charge is -2.28. The number of benzene rings is 2. The summed E-state index contributed by atoms with van der Waals surface area (Å²) < 4.78 is 7.59. The fourth-order valence-corrected chi connectivity index (χ4v) is 5.91. The van der Waals surface area contributed by atoms with E-state index in [0.717, 1.165) is 37.1 Å². The molecule has 3 heterocycles. The largest absolute Gasteiger partial charge is 0.490 e. The topological polar surface area (TPSA) is 101 Å². The van der Waals surface area contributed by atoms with E-state index in [1.165, 1.54) is 6.07 Å². The zero-order chi connectivity index (χ0) is 28.5. The number of nitrogens with zero attached hydrogens (tertiary/aromatic N) is 5. The van der Waals surface area contributed by atoms with E-state index >= 15 is 0 Å². The van der Waals surface area contributed by atoms with Crippen LogP contribution in [-0.4, -0.2) is 52.0 Å². The van der Waals surface area contributed by atoms with Crippen molar-refractivity contribution in [1.29, 1.82) is 5.26 Å². The van der Waals surface area contributed by atoms with Crippen molar-refractivity contribution in [3.05, 3.63) is 99.7 Å². The Balaban J connectivity index is 1.27. The number of nitriles is 1. The lowest BCUT2D eigenvalue weighted by molar-refractivity contribution is 0.103. The first kappa shape index (κ1) is 26.6. The van der Waals surface area contributed by atoms with Gasteiger partial charge in [-0.2, -0.15) is 5.26 Å². The fraction of sp³-hybridized carbons (Fsp3) is 0.303. The molecule has 0 N–H and O–H groups in total. The molecular weight excluding hydrogens is 514 g/mol. The van der Waals surface area contributed by atoms with Crippen molar-refractivity contribution in [3.8, 4) is 34.3 Å². The molecule has 1 aliphatic carbocycles. The van der Waals surface area contributed by atoms with Gasteiger partial charge >= 0.3 is 0 Å². The lowest BCUT2D eigenvalue weighted by atomic mass is 9.98. The van der Waals surface area contributed by atoms with Crippen LogP contribution in [0.25, 0.3) is 22.5 Å². The van der Waals surface area contributed by atoms with E-state index in [-0.39, 0.29) is 17.4 Å². The summed E-state index contributed by atoms with van der Waals surface area (Å²) in [7, 11) is 2.15. The number of hydrogen-bond acceptors (Lipinski definition) is 7. The molecule has 206 valence electrons. The molecule has 2 aromatic carbocycles. The van der Waals surface area contributed by atoms with E-state index in [4.69, 9.17) is 4.74 Å². The highest BCUT2D eigenvalue weighted by Gasteiger charge is 2.32. The number of rotatable bonds is 7. The van der Waals surface area contributed by atoms with E-state index in [0.29, 0.717) is 58.5 Å². The Morgan fingerprint density at radius 2 is 1.76 bits per heavy atom. The quantitative estimate of drug-likeness (QED) is 0.280. The Morgan fingerprint density at radius 1 is 1.00 bits per heavy atom. The van der Waals surface area contributed by atoms with Gasteiger partial charge in [0.2, 0.25) is 5.78 Å². The molecule has 0 bridgehead atoms. The molecule has 2 aliphatic rings. The maximum Gasteiger partial charge on any atom is 0.251 e. The van der Waals surface area contributed by atoms with Crippen LogP contribution in [-0.2, 0) is 0 Å². The highest BCUT2D eigenvalue weighted by Crippen LogP contribution is 2.38. The molecule has 1 unspecified atom stereocenters. The van der Waals surface area contributed by atoms with E-state index in [1.54, 1.807) is 41.2 Å². The van der Waals surface area contributed by atoms with E-state index in [9.17, 15) is 14.9 Å². The van der Waals surface area contributed by atoms with E-state index in [2.05, 4.69) is 28.0 Å². The maximum absolute atomic E-state index is 13.5. The molecule has 0 radical (unpaired) electrons. The minimum Gasteiger partial charge on any atom is -0.490 e. The molecule has 6 rings (SSSR count). The number of piperidine rings is 1. The minimum absolute atomic E-state index is 0.203. The number of aromatic nitrogens is 3. The highest BCUT2D eigenvalue weighted by molar-refractivity contribution is 6.20. The zero-order valence-corrected chi connectivity index (χ0v) is 23.2. The number of carbonyl (C=O) groups is 1. The van der Waals surface area contributed by atoms with Gasteiger partial charge in [-0.05, 0) is 86.8 Å². The van der Waals surface area contributed by atoms with Crippen molar-refractivity contribution in [1.82, 2.24) is 19.4 Å². The van der Waals surface area contributed by atoms with Gasteiger partial charge in [0.25, 0.3) is 5.56 Å². The van der Waals surface area contributed by atoms with Crippen LogP contribution >= 0.6 is 0 Å². The summed E-state index contributed by atoms with van der Waals surface area (Å²) in [6.07, 6.45) is 6.28. The van der Waals surface area contributed by atoms with Crippen molar-refractivity contribution in [2.75, 3.05) is 26.7 Å². The monoisotopic (exact) mass is 545 g/mol. The molecular formula is C33H31N5O3. The number of pyridine rings is 1. The second kappa shape index (κ2) is 11.1. The average molecular weight is 546 g/mol. The van der Waals surface area contributed by atoms with Crippen LogP contribution in [0.5, 0.6) is 5.75 Å².